The van der Waals surface area contributed by atoms with Crippen LogP contribution in [0.15, 0.2) is 18.9 Å². The third-order valence-electron chi connectivity index (χ3n) is 1.20. The second kappa shape index (κ2) is 2.75. The molecule has 0 aliphatic heterocycles. The van der Waals surface area contributed by atoms with Gasteiger partial charge in [-0.25, -0.2) is 9.67 Å². The van der Waals surface area contributed by atoms with Crippen LogP contribution in [0.5, 0.6) is 0 Å². The first kappa shape index (κ1) is 6.41. The molecule has 11 heavy (non-hydrogen) atoms. The van der Waals surface area contributed by atoms with E-state index in [4.69, 9.17) is 0 Å². The van der Waals surface area contributed by atoms with Gasteiger partial charge in [-0.1, -0.05) is 0 Å². The van der Waals surface area contributed by atoms with Crippen molar-refractivity contribution >= 4 is 11.7 Å². The molecule has 0 bridgehead atoms. The Balaban J connectivity index is 2.14. The van der Waals surface area contributed by atoms with Crippen LogP contribution in [0.2, 0.25) is 0 Å². The van der Waals surface area contributed by atoms with E-state index in [1.54, 1.807) is 17.2 Å². The Kier molecular flexibility index (Phi) is 1.60. The Morgan fingerprint density at radius 2 is 2.55 bits per heavy atom. The molecule has 0 amide bonds. The van der Waals surface area contributed by atoms with E-state index in [1.807, 2.05) is 0 Å². The lowest BCUT2D eigenvalue weighted by Crippen LogP contribution is -1.99. The van der Waals surface area contributed by atoms with E-state index < -0.39 is 0 Å². The quantitative estimate of drug-likeness (QED) is 0.640. The zero-order valence-corrected chi connectivity index (χ0v) is 6.40. The van der Waals surface area contributed by atoms with Crippen LogP contribution in [0, 0.1) is 0 Å². The van der Waals surface area contributed by atoms with Gasteiger partial charge in [0, 0.05) is 0 Å². The lowest BCUT2D eigenvalue weighted by Gasteiger charge is -1.92. The molecule has 0 aromatic carbocycles. The largest absolute Gasteiger partial charge is 0.247 e. The Bertz CT molecular complexity index is 267. The smallest absolute Gasteiger partial charge is 0.137 e. The molecule has 0 saturated heterocycles. The molecule has 0 aliphatic carbocycles. The van der Waals surface area contributed by atoms with Gasteiger partial charge in [0.25, 0.3) is 0 Å². The SMILES string of the molecule is c1ncn(Cc2cnsn2)n1. The summed E-state index contributed by atoms with van der Waals surface area (Å²) in [7, 11) is 0. The van der Waals surface area contributed by atoms with Crippen LogP contribution in [0.25, 0.3) is 0 Å². The van der Waals surface area contributed by atoms with E-state index in [-0.39, 0.29) is 0 Å². The van der Waals surface area contributed by atoms with Gasteiger partial charge in [-0.3, -0.25) is 0 Å². The first-order valence-electron chi connectivity index (χ1n) is 3.04. The standard InChI is InChI=1S/C5H5N5S/c1-5(9-11-8-1)2-10-4-6-3-7-10/h1,3-4H,2H2. The number of aromatic nitrogens is 5. The van der Waals surface area contributed by atoms with Crippen LogP contribution in [0.1, 0.15) is 5.69 Å². The van der Waals surface area contributed by atoms with E-state index in [9.17, 15) is 0 Å². The zero-order chi connectivity index (χ0) is 7.52. The van der Waals surface area contributed by atoms with Crippen LogP contribution in [-0.2, 0) is 6.54 Å². The zero-order valence-electron chi connectivity index (χ0n) is 5.58. The third-order valence-corrected chi connectivity index (χ3v) is 1.71. The average Bonchev–Trinajstić information content (AvgIpc) is 2.60. The third kappa shape index (κ3) is 1.40. The highest BCUT2D eigenvalue weighted by Crippen LogP contribution is 1.96. The molecule has 0 atom stereocenters. The maximum absolute atomic E-state index is 4.03. The van der Waals surface area contributed by atoms with Crippen LogP contribution in [-0.4, -0.2) is 23.5 Å². The maximum atomic E-state index is 4.03. The molecule has 2 aromatic heterocycles. The summed E-state index contributed by atoms with van der Waals surface area (Å²) in [6.07, 6.45) is 4.88. The molecule has 0 radical (unpaired) electrons. The van der Waals surface area contributed by atoms with Crippen LogP contribution < -0.4 is 0 Å². The van der Waals surface area contributed by atoms with Crippen molar-refractivity contribution < 1.29 is 0 Å². The Morgan fingerprint density at radius 3 is 3.18 bits per heavy atom. The van der Waals surface area contributed by atoms with Crippen LogP contribution in [0.3, 0.4) is 0 Å². The summed E-state index contributed by atoms with van der Waals surface area (Å²) in [4.78, 5) is 3.81. The molecule has 2 aromatic rings. The Hall–Kier alpha value is -1.30. The Morgan fingerprint density at radius 1 is 1.55 bits per heavy atom. The normalized spacial score (nSPS) is 10.2. The van der Waals surface area contributed by atoms with Crippen molar-refractivity contribution in [1.29, 1.82) is 0 Å². The molecule has 56 valence electrons. The molecule has 2 rings (SSSR count). The van der Waals surface area contributed by atoms with Crippen molar-refractivity contribution in [2.75, 3.05) is 0 Å². The van der Waals surface area contributed by atoms with Gasteiger partial charge in [-0.15, -0.1) is 0 Å². The van der Waals surface area contributed by atoms with E-state index in [0.29, 0.717) is 6.54 Å². The van der Waals surface area contributed by atoms with Crippen molar-refractivity contribution in [1.82, 2.24) is 23.5 Å². The van der Waals surface area contributed by atoms with Gasteiger partial charge in [0.2, 0.25) is 0 Å². The summed E-state index contributed by atoms with van der Waals surface area (Å²) in [5.41, 5.74) is 0.917. The summed E-state index contributed by atoms with van der Waals surface area (Å²) < 4.78 is 9.61. The summed E-state index contributed by atoms with van der Waals surface area (Å²) in [6, 6.07) is 0. The molecule has 0 N–H and O–H groups in total. The van der Waals surface area contributed by atoms with E-state index in [1.165, 1.54) is 18.1 Å². The molecule has 0 fully saturated rings. The van der Waals surface area contributed by atoms with Gasteiger partial charge in [-0.05, 0) is 0 Å². The lowest BCUT2D eigenvalue weighted by molar-refractivity contribution is 0.675. The van der Waals surface area contributed by atoms with Gasteiger partial charge in [0.05, 0.1) is 30.2 Å². The van der Waals surface area contributed by atoms with Crippen LogP contribution >= 0.6 is 11.7 Å². The highest BCUT2D eigenvalue weighted by Gasteiger charge is 1.96. The van der Waals surface area contributed by atoms with E-state index in [0.717, 1.165) is 5.69 Å². The minimum Gasteiger partial charge on any atom is -0.247 e. The molecular formula is C5H5N5S. The maximum Gasteiger partial charge on any atom is 0.137 e. The molecule has 5 nitrogen and oxygen atoms in total. The van der Waals surface area contributed by atoms with Crippen molar-refractivity contribution in [2.24, 2.45) is 0 Å². The molecule has 2 heterocycles. The number of hydrogen-bond donors (Lipinski definition) is 0. The van der Waals surface area contributed by atoms with Gasteiger partial charge < -0.3 is 0 Å². The minimum absolute atomic E-state index is 0.649. The number of rotatable bonds is 2. The Labute approximate surface area is 67.0 Å². The molecule has 0 unspecified atom stereocenters. The van der Waals surface area contributed by atoms with Gasteiger partial charge in [0.15, 0.2) is 0 Å². The summed E-state index contributed by atoms with van der Waals surface area (Å²) >= 11 is 1.20. The molecule has 0 saturated carbocycles. The highest BCUT2D eigenvalue weighted by molar-refractivity contribution is 6.99. The van der Waals surface area contributed by atoms with Gasteiger partial charge in [-0.2, -0.15) is 13.8 Å². The number of nitrogens with zero attached hydrogens (tertiary/aromatic N) is 5. The van der Waals surface area contributed by atoms with Gasteiger partial charge in [0.1, 0.15) is 12.7 Å². The monoisotopic (exact) mass is 167 g/mol. The van der Waals surface area contributed by atoms with E-state index in [2.05, 4.69) is 18.8 Å². The number of hydrogen-bond acceptors (Lipinski definition) is 5. The van der Waals surface area contributed by atoms with E-state index >= 15 is 0 Å². The topological polar surface area (TPSA) is 56.5 Å². The summed E-state index contributed by atoms with van der Waals surface area (Å²) in [6.45, 7) is 0.649. The average molecular weight is 167 g/mol. The molecule has 0 spiro atoms. The van der Waals surface area contributed by atoms with Crippen molar-refractivity contribution in [3.05, 3.63) is 24.5 Å². The first-order chi connectivity index (χ1) is 5.45. The van der Waals surface area contributed by atoms with Gasteiger partial charge >= 0.3 is 0 Å². The molecule has 0 aliphatic rings. The predicted molar refractivity (Wildman–Crippen MR) is 39.0 cm³/mol. The van der Waals surface area contributed by atoms with Crippen LogP contribution in [0.4, 0.5) is 0 Å². The predicted octanol–water partition coefficient (Wildman–Crippen LogP) is 0.178. The second-order valence-electron chi connectivity index (χ2n) is 1.99. The highest BCUT2D eigenvalue weighted by atomic mass is 32.1. The van der Waals surface area contributed by atoms with Crippen molar-refractivity contribution in [2.45, 2.75) is 6.54 Å². The summed E-state index contributed by atoms with van der Waals surface area (Å²) in [5, 5.41) is 3.93. The molecular weight excluding hydrogens is 162 g/mol. The summed E-state index contributed by atoms with van der Waals surface area (Å²) in [5.74, 6) is 0. The lowest BCUT2D eigenvalue weighted by atomic mass is 10.5. The fourth-order valence-corrected chi connectivity index (χ4v) is 1.16. The fraction of sp³-hybridized carbons (Fsp3) is 0.200. The fourth-order valence-electron chi connectivity index (χ4n) is 0.734. The first-order valence-corrected chi connectivity index (χ1v) is 3.77. The van der Waals surface area contributed by atoms with Crippen molar-refractivity contribution in [3.63, 3.8) is 0 Å². The second-order valence-corrected chi connectivity index (χ2v) is 2.55. The minimum atomic E-state index is 0.649. The van der Waals surface area contributed by atoms with Crippen molar-refractivity contribution in [3.8, 4) is 0 Å². The molecule has 6 heteroatoms.